The van der Waals surface area contributed by atoms with Crippen LogP contribution in [0.2, 0.25) is 0 Å². The molecule has 0 aromatic heterocycles. The summed E-state index contributed by atoms with van der Waals surface area (Å²) in [5, 5.41) is 3.03. The summed E-state index contributed by atoms with van der Waals surface area (Å²) < 4.78 is 0. The van der Waals surface area contributed by atoms with Crippen LogP contribution in [0.25, 0.3) is 0 Å². The first-order valence-corrected chi connectivity index (χ1v) is 5.17. The number of alkyl halides is 1. The third-order valence-corrected chi connectivity index (χ3v) is 2.92. The lowest BCUT2D eigenvalue weighted by Gasteiger charge is -2.28. The maximum atomic E-state index is 11.3. The van der Waals surface area contributed by atoms with Crippen LogP contribution in [0.3, 0.4) is 0 Å². The number of carbonyl (C=O) groups is 1. The summed E-state index contributed by atoms with van der Waals surface area (Å²) in [6.45, 7) is 0. The highest BCUT2D eigenvalue weighted by Crippen LogP contribution is 2.22. The van der Waals surface area contributed by atoms with Crippen molar-refractivity contribution in [2.24, 2.45) is 0 Å². The van der Waals surface area contributed by atoms with Crippen LogP contribution in [0.15, 0.2) is 0 Å². The normalized spacial score (nSPS) is 28.2. The van der Waals surface area contributed by atoms with Gasteiger partial charge in [0, 0.05) is 20.1 Å². The fourth-order valence-electron chi connectivity index (χ4n) is 1.54. The summed E-state index contributed by atoms with van der Waals surface area (Å²) in [6.07, 6.45) is 4.37. The molecule has 1 saturated carbocycles. The molecule has 0 radical (unpaired) electrons. The largest absolute Gasteiger partial charge is 0.334 e. The number of hydrogen-bond acceptors (Lipinski definition) is 1. The molecule has 2 amide bonds. The molecule has 0 heterocycles. The summed E-state index contributed by atoms with van der Waals surface area (Å²) in [6, 6.07) is 0.114. The number of hydrogen-bond donors (Lipinski definition) is 1. The minimum atomic E-state index is -0.0439. The number of rotatable bonds is 1. The minimum absolute atomic E-state index is 0.0439. The zero-order valence-electron chi connectivity index (χ0n) is 8.22. The fraction of sp³-hybridized carbons (Fsp3) is 0.889. The number of halogens is 1. The van der Waals surface area contributed by atoms with E-state index in [-0.39, 0.29) is 17.5 Å². The van der Waals surface area contributed by atoms with Crippen LogP contribution >= 0.6 is 11.6 Å². The molecule has 1 N–H and O–H groups in total. The molecule has 13 heavy (non-hydrogen) atoms. The van der Waals surface area contributed by atoms with Gasteiger partial charge in [-0.3, -0.25) is 0 Å². The van der Waals surface area contributed by atoms with Crippen molar-refractivity contribution in [3.8, 4) is 0 Å². The van der Waals surface area contributed by atoms with Crippen molar-refractivity contribution in [1.82, 2.24) is 10.2 Å². The topological polar surface area (TPSA) is 32.3 Å². The van der Waals surface area contributed by atoms with Crippen LogP contribution in [0.4, 0.5) is 4.79 Å². The van der Waals surface area contributed by atoms with Gasteiger partial charge in [0.2, 0.25) is 0 Å². The van der Waals surface area contributed by atoms with Gasteiger partial charge in [0.15, 0.2) is 0 Å². The van der Waals surface area contributed by atoms with Crippen LogP contribution in [-0.4, -0.2) is 36.4 Å². The summed E-state index contributed by atoms with van der Waals surface area (Å²) in [5.74, 6) is 0. The quantitative estimate of drug-likeness (QED) is 0.650. The predicted octanol–water partition coefficient (Wildman–Crippen LogP) is 1.81. The van der Waals surface area contributed by atoms with Crippen molar-refractivity contribution < 1.29 is 4.79 Å². The van der Waals surface area contributed by atoms with Gasteiger partial charge in [-0.1, -0.05) is 12.8 Å². The zero-order valence-corrected chi connectivity index (χ0v) is 8.97. The Balaban J connectivity index is 2.38. The predicted molar refractivity (Wildman–Crippen MR) is 54.1 cm³/mol. The molecule has 0 aromatic carbocycles. The van der Waals surface area contributed by atoms with Gasteiger partial charge < -0.3 is 10.2 Å². The molecule has 0 saturated heterocycles. The first kappa shape index (κ1) is 10.6. The highest BCUT2D eigenvalue weighted by Gasteiger charge is 2.24. The van der Waals surface area contributed by atoms with E-state index in [1.54, 1.807) is 14.1 Å². The Hall–Kier alpha value is -0.440. The molecule has 1 aliphatic carbocycles. The average molecular weight is 205 g/mol. The van der Waals surface area contributed by atoms with E-state index in [9.17, 15) is 4.79 Å². The Bertz CT molecular complexity index is 184. The first-order valence-electron chi connectivity index (χ1n) is 4.73. The van der Waals surface area contributed by atoms with Crippen molar-refractivity contribution >= 4 is 17.6 Å². The smallest absolute Gasteiger partial charge is 0.317 e. The van der Waals surface area contributed by atoms with Gasteiger partial charge in [0.05, 0.1) is 5.38 Å². The van der Waals surface area contributed by atoms with Gasteiger partial charge >= 0.3 is 6.03 Å². The summed E-state index contributed by atoms with van der Waals surface area (Å²) >= 11 is 6.10. The summed E-state index contributed by atoms with van der Waals surface area (Å²) in [5.41, 5.74) is 0. The fourth-order valence-corrected chi connectivity index (χ4v) is 1.88. The van der Waals surface area contributed by atoms with Gasteiger partial charge in [-0.25, -0.2) is 4.79 Å². The van der Waals surface area contributed by atoms with E-state index in [1.807, 2.05) is 0 Å². The van der Waals surface area contributed by atoms with Crippen LogP contribution in [0.5, 0.6) is 0 Å². The zero-order chi connectivity index (χ0) is 9.84. The highest BCUT2D eigenvalue weighted by molar-refractivity contribution is 6.21. The van der Waals surface area contributed by atoms with E-state index in [2.05, 4.69) is 5.32 Å². The summed E-state index contributed by atoms with van der Waals surface area (Å²) in [4.78, 5) is 12.9. The summed E-state index contributed by atoms with van der Waals surface area (Å²) in [7, 11) is 3.47. The lowest BCUT2D eigenvalue weighted by Crippen LogP contribution is -2.46. The maximum Gasteiger partial charge on any atom is 0.317 e. The van der Waals surface area contributed by atoms with E-state index >= 15 is 0 Å². The van der Waals surface area contributed by atoms with Gasteiger partial charge in [-0.2, -0.15) is 0 Å². The van der Waals surface area contributed by atoms with Crippen LogP contribution in [-0.2, 0) is 0 Å². The number of amides is 2. The molecule has 76 valence electrons. The van der Waals surface area contributed by atoms with Gasteiger partial charge in [-0.05, 0) is 12.8 Å². The number of nitrogens with one attached hydrogen (secondary N) is 1. The molecule has 1 fully saturated rings. The second-order valence-corrected chi connectivity index (χ2v) is 4.31. The lowest BCUT2D eigenvalue weighted by molar-refractivity contribution is 0.209. The third kappa shape index (κ3) is 3.07. The van der Waals surface area contributed by atoms with E-state index in [4.69, 9.17) is 11.6 Å². The van der Waals surface area contributed by atoms with Crippen molar-refractivity contribution in [1.29, 1.82) is 0 Å². The molecule has 0 aromatic rings. The van der Waals surface area contributed by atoms with Gasteiger partial charge in [0.25, 0.3) is 0 Å². The third-order valence-electron chi connectivity index (χ3n) is 2.40. The molecule has 1 aliphatic rings. The molecule has 1 rings (SSSR count). The second kappa shape index (κ2) is 4.70. The molecular weight excluding hydrogens is 188 g/mol. The monoisotopic (exact) mass is 204 g/mol. The van der Waals surface area contributed by atoms with Gasteiger partial charge in [0.1, 0.15) is 0 Å². The Labute approximate surface area is 84.4 Å². The molecule has 0 spiro atoms. The number of urea groups is 1. The van der Waals surface area contributed by atoms with Crippen molar-refractivity contribution in [2.45, 2.75) is 37.1 Å². The van der Waals surface area contributed by atoms with Crippen LogP contribution < -0.4 is 5.32 Å². The second-order valence-electron chi connectivity index (χ2n) is 3.75. The molecule has 0 bridgehead atoms. The minimum Gasteiger partial charge on any atom is -0.334 e. The Kier molecular flexibility index (Phi) is 3.85. The SMILES string of the molecule is CN(C)C(=O)N[C@@H]1CCCC[C@@H]1Cl. The van der Waals surface area contributed by atoms with E-state index < -0.39 is 0 Å². The van der Waals surface area contributed by atoms with Crippen molar-refractivity contribution in [2.75, 3.05) is 14.1 Å². The van der Waals surface area contributed by atoms with Crippen molar-refractivity contribution in [3.05, 3.63) is 0 Å². The number of carbonyl (C=O) groups excluding carboxylic acids is 1. The molecule has 0 aliphatic heterocycles. The molecular formula is C9H17ClN2O. The number of nitrogens with zero attached hydrogens (tertiary/aromatic N) is 1. The van der Waals surface area contributed by atoms with E-state index in [0.29, 0.717) is 0 Å². The average Bonchev–Trinajstić information content (AvgIpc) is 2.08. The molecule has 0 unspecified atom stereocenters. The maximum absolute atomic E-state index is 11.3. The first-order chi connectivity index (χ1) is 6.11. The molecule has 3 nitrogen and oxygen atoms in total. The standard InChI is InChI=1S/C9H17ClN2O/c1-12(2)9(13)11-8-6-4-3-5-7(8)10/h7-8H,3-6H2,1-2H3,(H,11,13)/t7-,8+/m0/s1. The lowest BCUT2D eigenvalue weighted by atomic mass is 9.95. The van der Waals surface area contributed by atoms with Crippen LogP contribution in [0.1, 0.15) is 25.7 Å². The Morgan fingerprint density at radius 2 is 2.00 bits per heavy atom. The van der Waals surface area contributed by atoms with Gasteiger partial charge in [-0.15, -0.1) is 11.6 Å². The highest BCUT2D eigenvalue weighted by atomic mass is 35.5. The Morgan fingerprint density at radius 3 is 2.54 bits per heavy atom. The van der Waals surface area contributed by atoms with E-state index in [1.165, 1.54) is 17.7 Å². The van der Waals surface area contributed by atoms with Crippen molar-refractivity contribution in [3.63, 3.8) is 0 Å². The van der Waals surface area contributed by atoms with E-state index in [0.717, 1.165) is 12.8 Å². The molecule has 2 atom stereocenters. The Morgan fingerprint density at radius 1 is 1.38 bits per heavy atom. The van der Waals surface area contributed by atoms with Crippen LogP contribution in [0, 0.1) is 0 Å². The molecule has 4 heteroatoms.